The number of carbonyl (C=O) groups excluding carboxylic acids is 1. The van der Waals surface area contributed by atoms with Crippen molar-refractivity contribution in [3.05, 3.63) is 69.8 Å². The van der Waals surface area contributed by atoms with Crippen molar-refractivity contribution in [1.29, 1.82) is 0 Å². The molecule has 0 N–H and O–H groups in total. The number of nitrogens with zero attached hydrogens (tertiary/aromatic N) is 2. The Balaban J connectivity index is 1.99. The highest BCUT2D eigenvalue weighted by Crippen LogP contribution is 2.27. The molecule has 0 atom stereocenters. The second-order valence-corrected chi connectivity index (χ2v) is 5.85. The number of likely N-dealkylation sites (N-methyl/N-ethyl adjacent to an activating group) is 1. The molecule has 0 aliphatic carbocycles. The third-order valence-electron chi connectivity index (χ3n) is 4.10. The van der Waals surface area contributed by atoms with E-state index in [1.807, 2.05) is 18.2 Å². The Morgan fingerprint density at radius 2 is 1.85 bits per heavy atom. The molecule has 7 nitrogen and oxygen atoms in total. The van der Waals surface area contributed by atoms with Gasteiger partial charge in [-0.25, -0.2) is 0 Å². The van der Waals surface area contributed by atoms with E-state index in [0.717, 1.165) is 5.56 Å². The molecule has 2 rings (SSSR count). The van der Waals surface area contributed by atoms with Gasteiger partial charge in [0.15, 0.2) is 11.5 Å². The van der Waals surface area contributed by atoms with Crippen LogP contribution in [-0.4, -0.2) is 43.5 Å². The van der Waals surface area contributed by atoms with Gasteiger partial charge in [0, 0.05) is 25.7 Å². The topological polar surface area (TPSA) is 81.9 Å². The quantitative estimate of drug-likeness (QED) is 0.404. The minimum absolute atomic E-state index is 0.0328. The lowest BCUT2D eigenvalue weighted by Gasteiger charge is -2.16. The molecule has 0 aromatic heterocycles. The highest BCUT2D eigenvalue weighted by molar-refractivity contribution is 5.92. The number of methoxy groups -OCH3 is 2. The first-order valence-corrected chi connectivity index (χ1v) is 8.33. The van der Waals surface area contributed by atoms with Gasteiger partial charge in [-0.1, -0.05) is 18.2 Å². The third-order valence-corrected chi connectivity index (χ3v) is 4.10. The van der Waals surface area contributed by atoms with E-state index in [9.17, 15) is 14.9 Å². The number of nitro benzene ring substituents is 1. The minimum Gasteiger partial charge on any atom is -0.493 e. The summed E-state index contributed by atoms with van der Waals surface area (Å²) in [6, 6.07) is 11.9. The van der Waals surface area contributed by atoms with Gasteiger partial charge in [0.25, 0.3) is 5.69 Å². The van der Waals surface area contributed by atoms with Crippen molar-refractivity contribution in [2.75, 3.05) is 27.8 Å². The van der Waals surface area contributed by atoms with Crippen molar-refractivity contribution >= 4 is 17.7 Å². The lowest BCUT2D eigenvalue weighted by Crippen LogP contribution is -2.27. The van der Waals surface area contributed by atoms with Gasteiger partial charge in [0.1, 0.15) is 0 Å². The molecule has 0 saturated heterocycles. The largest absolute Gasteiger partial charge is 0.493 e. The van der Waals surface area contributed by atoms with E-state index in [1.165, 1.54) is 18.2 Å². The van der Waals surface area contributed by atoms with Crippen molar-refractivity contribution < 1.29 is 19.2 Å². The van der Waals surface area contributed by atoms with Crippen LogP contribution in [0.1, 0.15) is 11.1 Å². The number of benzene rings is 2. The summed E-state index contributed by atoms with van der Waals surface area (Å²) in [5, 5.41) is 11.0. The summed E-state index contributed by atoms with van der Waals surface area (Å²) in [4.78, 5) is 24.4. The molecule has 27 heavy (non-hydrogen) atoms. The first-order valence-electron chi connectivity index (χ1n) is 8.33. The van der Waals surface area contributed by atoms with E-state index in [1.54, 1.807) is 44.4 Å². The zero-order valence-electron chi connectivity index (χ0n) is 15.5. The number of para-hydroxylation sites is 1. The number of rotatable bonds is 8. The Morgan fingerprint density at radius 1 is 1.15 bits per heavy atom. The van der Waals surface area contributed by atoms with Crippen molar-refractivity contribution in [2.45, 2.75) is 6.42 Å². The van der Waals surface area contributed by atoms with Gasteiger partial charge in [-0.05, 0) is 36.3 Å². The molecule has 0 unspecified atom stereocenters. The molecule has 1 amide bonds. The Kier molecular flexibility index (Phi) is 6.93. The monoisotopic (exact) mass is 370 g/mol. The fraction of sp³-hybridized carbons (Fsp3) is 0.250. The molecule has 2 aromatic carbocycles. The minimum atomic E-state index is -0.467. The highest BCUT2D eigenvalue weighted by atomic mass is 16.6. The smallest absolute Gasteiger partial charge is 0.276 e. The second kappa shape index (κ2) is 9.38. The second-order valence-electron chi connectivity index (χ2n) is 5.85. The summed E-state index contributed by atoms with van der Waals surface area (Å²) in [5.41, 5.74) is 1.37. The van der Waals surface area contributed by atoms with Crippen LogP contribution in [0, 0.1) is 10.1 Å². The standard InChI is InChI=1S/C20H22N2O5/c1-21(13-12-15-8-10-18(26-2)19(14-15)27-3)20(23)11-9-16-6-4-5-7-17(16)22(24)25/h4-11,14H,12-13H2,1-3H3/b11-9+. The number of ether oxygens (including phenoxy) is 2. The van der Waals surface area contributed by atoms with Gasteiger partial charge in [-0.2, -0.15) is 0 Å². The maximum Gasteiger partial charge on any atom is 0.276 e. The van der Waals surface area contributed by atoms with E-state index < -0.39 is 4.92 Å². The Morgan fingerprint density at radius 3 is 2.52 bits per heavy atom. The van der Waals surface area contributed by atoms with Gasteiger partial charge in [-0.15, -0.1) is 0 Å². The molecule has 0 radical (unpaired) electrons. The zero-order valence-corrected chi connectivity index (χ0v) is 15.5. The lowest BCUT2D eigenvalue weighted by atomic mass is 10.1. The van der Waals surface area contributed by atoms with Crippen LogP contribution >= 0.6 is 0 Å². The van der Waals surface area contributed by atoms with Crippen LogP contribution in [0.25, 0.3) is 6.08 Å². The predicted molar refractivity (Wildman–Crippen MR) is 103 cm³/mol. The van der Waals surface area contributed by atoms with Crippen LogP contribution in [0.3, 0.4) is 0 Å². The molecule has 0 bridgehead atoms. The van der Waals surface area contributed by atoms with Crippen LogP contribution in [0.15, 0.2) is 48.5 Å². The van der Waals surface area contributed by atoms with Gasteiger partial charge in [0.2, 0.25) is 5.91 Å². The summed E-state index contributed by atoms with van der Waals surface area (Å²) in [6.45, 7) is 0.496. The van der Waals surface area contributed by atoms with Gasteiger partial charge < -0.3 is 14.4 Å². The number of hydrogen-bond donors (Lipinski definition) is 0. The number of amides is 1. The molecule has 0 fully saturated rings. The first kappa shape index (κ1) is 20.0. The van der Waals surface area contributed by atoms with Crippen molar-refractivity contribution in [3.63, 3.8) is 0 Å². The fourth-order valence-electron chi connectivity index (χ4n) is 2.53. The van der Waals surface area contributed by atoms with Crippen molar-refractivity contribution in [1.82, 2.24) is 4.90 Å². The SMILES string of the molecule is COc1ccc(CCN(C)C(=O)/C=C/c2ccccc2[N+](=O)[O-])cc1OC. The maximum atomic E-state index is 12.3. The zero-order chi connectivity index (χ0) is 19.8. The number of carbonyl (C=O) groups is 1. The average Bonchev–Trinajstić information content (AvgIpc) is 2.69. The summed E-state index contributed by atoms with van der Waals surface area (Å²) >= 11 is 0. The van der Waals surface area contributed by atoms with E-state index in [0.29, 0.717) is 30.0 Å². The Labute approximate surface area is 158 Å². The Hall–Kier alpha value is -3.35. The van der Waals surface area contributed by atoms with Gasteiger partial charge in [-0.3, -0.25) is 14.9 Å². The molecule has 0 aliphatic heterocycles. The third kappa shape index (κ3) is 5.31. The highest BCUT2D eigenvalue weighted by Gasteiger charge is 2.11. The fourth-order valence-corrected chi connectivity index (χ4v) is 2.53. The molecule has 2 aromatic rings. The van der Waals surface area contributed by atoms with Crippen LogP contribution < -0.4 is 9.47 Å². The van der Waals surface area contributed by atoms with Crippen LogP contribution in [0.2, 0.25) is 0 Å². The van der Waals surface area contributed by atoms with Crippen LogP contribution in [0.4, 0.5) is 5.69 Å². The van der Waals surface area contributed by atoms with Gasteiger partial charge in [0.05, 0.1) is 24.7 Å². The average molecular weight is 370 g/mol. The summed E-state index contributed by atoms with van der Waals surface area (Å²) in [6.07, 6.45) is 3.45. The molecule has 0 spiro atoms. The molecule has 0 aliphatic rings. The first-order chi connectivity index (χ1) is 13.0. The van der Waals surface area contributed by atoms with Crippen molar-refractivity contribution in [2.24, 2.45) is 0 Å². The molecule has 0 heterocycles. The van der Waals surface area contributed by atoms with Crippen LogP contribution in [0.5, 0.6) is 11.5 Å². The summed E-state index contributed by atoms with van der Waals surface area (Å²) < 4.78 is 10.5. The molecular weight excluding hydrogens is 348 g/mol. The molecule has 0 saturated carbocycles. The Bertz CT molecular complexity index is 848. The maximum absolute atomic E-state index is 12.3. The van der Waals surface area contributed by atoms with E-state index in [2.05, 4.69) is 0 Å². The predicted octanol–water partition coefficient (Wildman–Crippen LogP) is 3.33. The lowest BCUT2D eigenvalue weighted by molar-refractivity contribution is -0.385. The van der Waals surface area contributed by atoms with E-state index in [4.69, 9.17) is 9.47 Å². The molecular formula is C20H22N2O5. The number of nitro groups is 1. The number of hydrogen-bond acceptors (Lipinski definition) is 5. The summed E-state index contributed by atoms with van der Waals surface area (Å²) in [7, 11) is 4.84. The molecule has 142 valence electrons. The van der Waals surface area contributed by atoms with E-state index >= 15 is 0 Å². The van der Waals surface area contributed by atoms with Crippen molar-refractivity contribution in [3.8, 4) is 11.5 Å². The van der Waals surface area contributed by atoms with E-state index in [-0.39, 0.29) is 11.6 Å². The van der Waals surface area contributed by atoms with Gasteiger partial charge >= 0.3 is 0 Å². The molecule has 7 heteroatoms. The van der Waals surface area contributed by atoms with Crippen LogP contribution in [-0.2, 0) is 11.2 Å². The normalized spacial score (nSPS) is 10.6. The summed E-state index contributed by atoms with van der Waals surface area (Å²) in [5.74, 6) is 1.06.